The van der Waals surface area contributed by atoms with Crippen molar-refractivity contribution in [2.75, 3.05) is 5.32 Å². The summed E-state index contributed by atoms with van der Waals surface area (Å²) >= 11 is 1.48. The van der Waals surface area contributed by atoms with Gasteiger partial charge in [-0.25, -0.2) is 4.79 Å². The number of fused-ring (bicyclic) bond motifs is 1. The van der Waals surface area contributed by atoms with Crippen LogP contribution in [-0.4, -0.2) is 16.8 Å². The van der Waals surface area contributed by atoms with E-state index >= 15 is 0 Å². The van der Waals surface area contributed by atoms with Crippen LogP contribution in [0.2, 0.25) is 0 Å². The van der Waals surface area contributed by atoms with Gasteiger partial charge in [0.2, 0.25) is 11.8 Å². The van der Waals surface area contributed by atoms with Gasteiger partial charge in [0.1, 0.15) is 0 Å². The maximum atomic E-state index is 12.3. The van der Waals surface area contributed by atoms with Gasteiger partial charge in [0.05, 0.1) is 18.0 Å². The molecule has 1 atom stereocenters. The number of H-pyrrole nitrogens is 1. The van der Waals surface area contributed by atoms with E-state index in [1.807, 2.05) is 17.5 Å². The first kappa shape index (κ1) is 16.0. The number of nitrogens with one attached hydrogen (secondary N) is 3. The van der Waals surface area contributed by atoms with Gasteiger partial charge >= 0.3 is 5.76 Å². The molecule has 0 aliphatic carbocycles. The van der Waals surface area contributed by atoms with Crippen LogP contribution in [-0.2, 0) is 9.59 Å². The zero-order valence-electron chi connectivity index (χ0n) is 12.8. The summed E-state index contributed by atoms with van der Waals surface area (Å²) in [6, 6.07) is 8.25. The Bertz CT molecular complexity index is 926. The van der Waals surface area contributed by atoms with Crippen LogP contribution < -0.4 is 16.4 Å². The van der Waals surface area contributed by atoms with Gasteiger partial charge < -0.3 is 15.1 Å². The molecule has 124 valence electrons. The van der Waals surface area contributed by atoms with Crippen LogP contribution in [0.1, 0.15) is 24.3 Å². The third-order valence-electron chi connectivity index (χ3n) is 3.36. The van der Waals surface area contributed by atoms with Crippen molar-refractivity contribution in [2.45, 2.75) is 19.4 Å². The summed E-state index contributed by atoms with van der Waals surface area (Å²) < 4.78 is 4.92. The van der Waals surface area contributed by atoms with Crippen LogP contribution in [0.15, 0.2) is 44.9 Å². The van der Waals surface area contributed by atoms with E-state index in [1.165, 1.54) is 18.3 Å². The molecule has 0 radical (unpaired) electrons. The average molecular weight is 345 g/mol. The van der Waals surface area contributed by atoms with Crippen LogP contribution >= 0.6 is 11.3 Å². The Balaban J connectivity index is 1.72. The zero-order valence-corrected chi connectivity index (χ0v) is 13.6. The summed E-state index contributed by atoms with van der Waals surface area (Å²) in [5.74, 6) is -0.983. The van der Waals surface area contributed by atoms with Gasteiger partial charge in [0, 0.05) is 17.5 Å². The van der Waals surface area contributed by atoms with Crippen LogP contribution in [0.25, 0.3) is 11.1 Å². The predicted octanol–water partition coefficient (Wildman–Crippen LogP) is 2.39. The van der Waals surface area contributed by atoms with Crippen molar-refractivity contribution in [1.82, 2.24) is 10.3 Å². The molecule has 0 aliphatic rings. The van der Waals surface area contributed by atoms with Crippen molar-refractivity contribution in [2.24, 2.45) is 0 Å². The van der Waals surface area contributed by atoms with E-state index in [-0.39, 0.29) is 24.3 Å². The highest BCUT2D eigenvalue weighted by Crippen LogP contribution is 2.23. The number of aromatic nitrogens is 1. The number of thiophene rings is 1. The molecule has 0 saturated heterocycles. The van der Waals surface area contributed by atoms with E-state index in [0.717, 1.165) is 4.88 Å². The van der Waals surface area contributed by atoms with Crippen LogP contribution in [0, 0.1) is 0 Å². The number of hydrogen-bond acceptors (Lipinski definition) is 5. The Morgan fingerprint density at radius 2 is 2.17 bits per heavy atom. The van der Waals surface area contributed by atoms with E-state index in [9.17, 15) is 14.4 Å². The van der Waals surface area contributed by atoms with Gasteiger partial charge in [-0.2, -0.15) is 0 Å². The lowest BCUT2D eigenvalue weighted by Gasteiger charge is -2.16. The standard InChI is InChI=1S/C16H15N3O4S/c1-9(20)17-12(14-3-2-6-24-14)8-15(21)18-10-4-5-13-11(7-10)19-16(22)23-13/h2-7,12H,8H2,1H3,(H,17,20)(H,18,21)(H,19,22)/t12-/m1/s1. The molecule has 2 aromatic heterocycles. The molecule has 0 fully saturated rings. The Morgan fingerprint density at radius 3 is 2.88 bits per heavy atom. The molecule has 7 nitrogen and oxygen atoms in total. The van der Waals surface area contributed by atoms with Crippen molar-refractivity contribution in [3.8, 4) is 0 Å². The second-order valence-corrected chi connectivity index (χ2v) is 6.23. The molecule has 1 aromatic carbocycles. The second-order valence-electron chi connectivity index (χ2n) is 5.25. The van der Waals surface area contributed by atoms with Crippen molar-refractivity contribution in [1.29, 1.82) is 0 Å². The number of anilines is 1. The minimum absolute atomic E-state index is 0.111. The topological polar surface area (TPSA) is 104 Å². The predicted molar refractivity (Wildman–Crippen MR) is 91.0 cm³/mol. The van der Waals surface area contributed by atoms with Gasteiger partial charge in [-0.1, -0.05) is 6.07 Å². The van der Waals surface area contributed by atoms with Crippen molar-refractivity contribution >= 4 is 39.9 Å². The second kappa shape index (κ2) is 6.71. The summed E-state index contributed by atoms with van der Waals surface area (Å²) in [5.41, 5.74) is 1.47. The molecule has 3 N–H and O–H groups in total. The highest BCUT2D eigenvalue weighted by Gasteiger charge is 2.18. The van der Waals surface area contributed by atoms with E-state index in [0.29, 0.717) is 16.8 Å². The average Bonchev–Trinajstić information content (AvgIpc) is 3.13. The highest BCUT2D eigenvalue weighted by atomic mass is 32.1. The molecular weight excluding hydrogens is 330 g/mol. The third kappa shape index (κ3) is 3.72. The number of carbonyl (C=O) groups is 2. The Labute approximate surface area is 140 Å². The highest BCUT2D eigenvalue weighted by molar-refractivity contribution is 7.10. The number of oxazole rings is 1. The van der Waals surface area contributed by atoms with Crippen molar-refractivity contribution < 1.29 is 14.0 Å². The third-order valence-corrected chi connectivity index (χ3v) is 4.34. The van der Waals surface area contributed by atoms with Gasteiger partial charge in [-0.15, -0.1) is 11.3 Å². The number of carbonyl (C=O) groups excluding carboxylic acids is 2. The monoisotopic (exact) mass is 345 g/mol. The lowest BCUT2D eigenvalue weighted by Crippen LogP contribution is -2.29. The molecule has 8 heteroatoms. The van der Waals surface area contributed by atoms with Crippen LogP contribution in [0.4, 0.5) is 5.69 Å². The van der Waals surface area contributed by atoms with Gasteiger partial charge in [-0.3, -0.25) is 14.6 Å². The first-order valence-corrected chi connectivity index (χ1v) is 8.12. The molecule has 0 saturated carbocycles. The SMILES string of the molecule is CC(=O)N[C@H](CC(=O)Nc1ccc2oc(=O)[nH]c2c1)c1cccs1. The lowest BCUT2D eigenvalue weighted by atomic mass is 10.1. The van der Waals surface area contributed by atoms with Gasteiger partial charge in [-0.05, 0) is 29.6 Å². The molecule has 2 amide bonds. The summed E-state index contributed by atoms with van der Waals surface area (Å²) in [5, 5.41) is 7.43. The summed E-state index contributed by atoms with van der Waals surface area (Å²) in [7, 11) is 0. The van der Waals surface area contributed by atoms with Crippen LogP contribution in [0.3, 0.4) is 0 Å². The van der Waals surface area contributed by atoms with Crippen LogP contribution in [0.5, 0.6) is 0 Å². The van der Waals surface area contributed by atoms with E-state index in [1.54, 1.807) is 18.2 Å². The van der Waals surface area contributed by atoms with E-state index < -0.39 is 5.76 Å². The number of benzene rings is 1. The Kier molecular flexibility index (Phi) is 4.48. The first-order chi connectivity index (χ1) is 11.5. The summed E-state index contributed by atoms with van der Waals surface area (Å²) in [6.07, 6.45) is 0.111. The molecule has 0 aliphatic heterocycles. The van der Waals surface area contributed by atoms with E-state index in [4.69, 9.17) is 4.42 Å². The maximum absolute atomic E-state index is 12.3. The molecule has 2 heterocycles. The maximum Gasteiger partial charge on any atom is 0.417 e. The molecule has 24 heavy (non-hydrogen) atoms. The smallest absolute Gasteiger partial charge is 0.408 e. The van der Waals surface area contributed by atoms with Gasteiger partial charge in [0.15, 0.2) is 5.58 Å². The lowest BCUT2D eigenvalue weighted by molar-refractivity contribution is -0.120. The molecule has 3 aromatic rings. The normalized spacial score (nSPS) is 12.0. The van der Waals surface area contributed by atoms with Crippen molar-refractivity contribution in [3.63, 3.8) is 0 Å². The minimum Gasteiger partial charge on any atom is -0.408 e. The Morgan fingerprint density at radius 1 is 1.33 bits per heavy atom. The number of amides is 2. The molecule has 0 spiro atoms. The number of hydrogen-bond donors (Lipinski definition) is 3. The summed E-state index contributed by atoms with van der Waals surface area (Å²) in [4.78, 5) is 38.2. The fourth-order valence-electron chi connectivity index (χ4n) is 2.38. The fourth-order valence-corrected chi connectivity index (χ4v) is 3.16. The fraction of sp³-hybridized carbons (Fsp3) is 0.188. The van der Waals surface area contributed by atoms with Crippen molar-refractivity contribution in [3.05, 3.63) is 51.1 Å². The molecule has 0 bridgehead atoms. The first-order valence-electron chi connectivity index (χ1n) is 7.24. The summed E-state index contributed by atoms with van der Waals surface area (Å²) in [6.45, 7) is 1.42. The Hall–Kier alpha value is -2.87. The number of aromatic amines is 1. The number of rotatable bonds is 5. The van der Waals surface area contributed by atoms with Gasteiger partial charge in [0.25, 0.3) is 0 Å². The quantitative estimate of drug-likeness (QED) is 0.660. The molecule has 0 unspecified atom stereocenters. The zero-order chi connectivity index (χ0) is 17.1. The van der Waals surface area contributed by atoms with E-state index in [2.05, 4.69) is 15.6 Å². The largest absolute Gasteiger partial charge is 0.417 e. The minimum atomic E-state index is -0.545. The molecule has 3 rings (SSSR count). The molecular formula is C16H15N3O4S.